The maximum absolute atomic E-state index is 10.1. The minimum absolute atomic E-state index is 0.0659. The number of rotatable bonds is 8. The first-order chi connectivity index (χ1) is 13.6. The fourth-order valence-electron chi connectivity index (χ4n) is 2.69. The molecule has 1 heterocycles. The van der Waals surface area contributed by atoms with Crippen LogP contribution in [0.5, 0.6) is 0 Å². The lowest BCUT2D eigenvalue weighted by molar-refractivity contribution is 0.431. The predicted octanol–water partition coefficient (Wildman–Crippen LogP) is 5.53. The van der Waals surface area contributed by atoms with Gasteiger partial charge in [0.05, 0.1) is 5.70 Å². The zero-order chi connectivity index (χ0) is 20.9. The number of aliphatic imine (C=N–C) groups is 1. The Morgan fingerprint density at radius 3 is 2.39 bits per heavy atom. The summed E-state index contributed by atoms with van der Waals surface area (Å²) >= 11 is 0. The topological polar surface area (TPSA) is 47.9 Å². The number of aliphatic hydroxyl groups excluding tert-OH is 1. The van der Waals surface area contributed by atoms with E-state index < -0.39 is 0 Å². The summed E-state index contributed by atoms with van der Waals surface area (Å²) in [6, 6.07) is 0. The molecule has 0 atom stereocenters. The van der Waals surface area contributed by atoms with E-state index in [1.165, 1.54) is 6.08 Å². The molecule has 0 bridgehead atoms. The summed E-state index contributed by atoms with van der Waals surface area (Å²) in [5.74, 6) is 0.818. The lowest BCUT2D eigenvalue weighted by atomic mass is 9.65. The van der Waals surface area contributed by atoms with E-state index in [2.05, 4.69) is 35.5 Å². The van der Waals surface area contributed by atoms with Crippen molar-refractivity contribution in [3.05, 3.63) is 109 Å². The van der Waals surface area contributed by atoms with E-state index >= 15 is 0 Å². The minimum atomic E-state index is -0.206. The van der Waals surface area contributed by atoms with Gasteiger partial charge >= 0.3 is 6.98 Å². The van der Waals surface area contributed by atoms with Crippen molar-refractivity contribution in [2.75, 3.05) is 0 Å². The summed E-state index contributed by atoms with van der Waals surface area (Å²) in [6.07, 6.45) is 22.3. The van der Waals surface area contributed by atoms with Gasteiger partial charge in [-0.1, -0.05) is 61.8 Å². The van der Waals surface area contributed by atoms with Crippen molar-refractivity contribution >= 4 is 12.8 Å². The summed E-state index contributed by atoms with van der Waals surface area (Å²) in [7, 11) is 0. The molecule has 1 saturated heterocycles. The highest BCUT2D eigenvalue weighted by Gasteiger charge is 2.40. The summed E-state index contributed by atoms with van der Waals surface area (Å²) < 4.78 is 0. The normalized spacial score (nSPS) is 19.6. The van der Waals surface area contributed by atoms with Crippen LogP contribution in [0, 0.1) is 0 Å². The van der Waals surface area contributed by atoms with Crippen LogP contribution in [0.25, 0.3) is 0 Å². The van der Waals surface area contributed by atoms with Crippen LogP contribution >= 0.6 is 0 Å². The van der Waals surface area contributed by atoms with Gasteiger partial charge in [-0.2, -0.15) is 0 Å². The van der Waals surface area contributed by atoms with Crippen LogP contribution < -0.4 is 5.23 Å². The van der Waals surface area contributed by atoms with E-state index in [9.17, 15) is 5.11 Å². The standard InChI is InChI=1S/C23H30BN3O/c1-7-13-16-19(14-8-2)24-26-22(12-6)23(25-17-10-4)27(24)20(15-9-3)18-21(28)11-5/h7-18,26,28H,3,5H2,1-2,4,6H3/b13-7-,14-8-,17-10-,19-16+,20-15+,21-18+,22-12+,25-23-. The molecule has 146 valence electrons. The lowest BCUT2D eigenvalue weighted by Gasteiger charge is -2.25. The van der Waals surface area contributed by atoms with E-state index in [4.69, 9.17) is 0 Å². The van der Waals surface area contributed by atoms with Crippen LogP contribution in [-0.2, 0) is 0 Å². The highest BCUT2D eigenvalue weighted by atomic mass is 16.3. The maximum atomic E-state index is 10.1. The lowest BCUT2D eigenvalue weighted by Crippen LogP contribution is -2.43. The van der Waals surface area contributed by atoms with Crippen LogP contribution in [0.4, 0.5) is 0 Å². The summed E-state index contributed by atoms with van der Waals surface area (Å²) in [4.78, 5) is 6.67. The molecule has 4 nitrogen and oxygen atoms in total. The number of aliphatic hydroxyl groups is 1. The molecule has 0 aromatic carbocycles. The van der Waals surface area contributed by atoms with Gasteiger partial charge in [0.2, 0.25) is 0 Å². The third-order valence-electron chi connectivity index (χ3n) is 3.88. The Balaban J connectivity index is 3.74. The molecular weight excluding hydrogens is 345 g/mol. The Morgan fingerprint density at radius 2 is 1.86 bits per heavy atom. The zero-order valence-electron chi connectivity index (χ0n) is 17.3. The van der Waals surface area contributed by atoms with E-state index in [1.54, 1.807) is 18.4 Å². The van der Waals surface area contributed by atoms with Crippen molar-refractivity contribution < 1.29 is 5.11 Å². The molecule has 0 radical (unpaired) electrons. The number of hydrogen-bond acceptors (Lipinski definition) is 3. The maximum Gasteiger partial charge on any atom is 0.414 e. The zero-order valence-corrected chi connectivity index (χ0v) is 17.3. The Hall–Kier alpha value is -3.21. The molecule has 0 aliphatic carbocycles. The second-order valence-electron chi connectivity index (χ2n) is 5.85. The van der Waals surface area contributed by atoms with Crippen molar-refractivity contribution in [1.29, 1.82) is 0 Å². The van der Waals surface area contributed by atoms with Crippen LogP contribution in [0.2, 0.25) is 0 Å². The first kappa shape index (κ1) is 22.8. The van der Waals surface area contributed by atoms with Crippen LogP contribution in [0.15, 0.2) is 114 Å². The summed E-state index contributed by atoms with van der Waals surface area (Å²) in [5, 5.41) is 13.6. The second-order valence-corrected chi connectivity index (χ2v) is 5.85. The van der Waals surface area contributed by atoms with Gasteiger partial charge in [-0.25, -0.2) is 4.99 Å². The molecule has 5 heteroatoms. The average molecular weight is 375 g/mol. The minimum Gasteiger partial charge on any atom is -0.508 e. The smallest absolute Gasteiger partial charge is 0.414 e. The first-order valence-electron chi connectivity index (χ1n) is 9.30. The molecule has 1 fully saturated rings. The van der Waals surface area contributed by atoms with E-state index in [-0.39, 0.29) is 12.7 Å². The first-order valence-corrected chi connectivity index (χ1v) is 9.30. The van der Waals surface area contributed by atoms with Crippen LogP contribution in [0.3, 0.4) is 0 Å². The molecule has 0 unspecified atom stereocenters. The molecule has 1 rings (SSSR count). The molecule has 0 aromatic rings. The van der Waals surface area contributed by atoms with E-state index in [0.29, 0.717) is 0 Å². The fraction of sp³-hybridized carbons (Fsp3) is 0.174. The SMILES string of the molecule is C=C/C=C(\C=C(\O)C=C)N1B(C(/C=C\C)=C/C=C\C)NC(=C/C)/C1=N/C=C\C. The molecule has 0 aromatic heterocycles. The van der Waals surface area contributed by atoms with E-state index in [0.717, 1.165) is 22.7 Å². The Labute approximate surface area is 169 Å². The monoisotopic (exact) mass is 375 g/mol. The Morgan fingerprint density at radius 1 is 1.11 bits per heavy atom. The highest BCUT2D eigenvalue weighted by molar-refractivity contribution is 6.69. The van der Waals surface area contributed by atoms with Gasteiger partial charge in [-0.15, -0.1) is 0 Å². The number of allylic oxidation sites excluding steroid dienone is 12. The quantitative estimate of drug-likeness (QED) is 0.333. The van der Waals surface area contributed by atoms with Gasteiger partial charge in [-0.3, -0.25) is 0 Å². The largest absolute Gasteiger partial charge is 0.508 e. The second kappa shape index (κ2) is 12.2. The van der Waals surface area contributed by atoms with Crippen molar-refractivity contribution in [2.45, 2.75) is 27.7 Å². The molecule has 1 aliphatic heterocycles. The van der Waals surface area contributed by atoms with Crippen molar-refractivity contribution in [1.82, 2.24) is 10.0 Å². The number of nitrogens with zero attached hydrogens (tertiary/aromatic N) is 2. The van der Waals surface area contributed by atoms with Gasteiger partial charge in [0, 0.05) is 18.0 Å². The Bertz CT molecular complexity index is 808. The van der Waals surface area contributed by atoms with Gasteiger partial charge < -0.3 is 15.1 Å². The van der Waals surface area contributed by atoms with Crippen molar-refractivity contribution in [2.24, 2.45) is 4.99 Å². The molecule has 2 N–H and O–H groups in total. The van der Waals surface area contributed by atoms with Crippen LogP contribution in [-0.4, -0.2) is 22.7 Å². The number of hydrogen-bond donors (Lipinski definition) is 2. The average Bonchev–Trinajstić information content (AvgIpc) is 3.07. The number of nitrogens with one attached hydrogen (secondary N) is 1. The van der Waals surface area contributed by atoms with Crippen molar-refractivity contribution in [3.8, 4) is 0 Å². The molecule has 0 spiro atoms. The fourth-order valence-corrected chi connectivity index (χ4v) is 2.69. The predicted molar refractivity (Wildman–Crippen MR) is 124 cm³/mol. The molecule has 0 amide bonds. The summed E-state index contributed by atoms with van der Waals surface area (Å²) in [5.41, 5.74) is 2.69. The Kier molecular flexibility index (Phi) is 9.97. The van der Waals surface area contributed by atoms with Crippen LogP contribution in [0.1, 0.15) is 27.7 Å². The molecule has 28 heavy (non-hydrogen) atoms. The van der Waals surface area contributed by atoms with Gasteiger partial charge in [-0.05, 0) is 45.3 Å². The van der Waals surface area contributed by atoms with Gasteiger partial charge in [0.25, 0.3) is 0 Å². The molecule has 0 saturated carbocycles. The van der Waals surface area contributed by atoms with Gasteiger partial charge in [0.1, 0.15) is 11.6 Å². The van der Waals surface area contributed by atoms with E-state index in [1.807, 2.05) is 69.0 Å². The molecule has 1 aliphatic rings. The molecular formula is C23H30BN3O. The van der Waals surface area contributed by atoms with Gasteiger partial charge in [0.15, 0.2) is 0 Å². The third kappa shape index (κ3) is 5.91. The van der Waals surface area contributed by atoms with Crippen molar-refractivity contribution in [3.63, 3.8) is 0 Å². The summed E-state index contributed by atoms with van der Waals surface area (Å²) in [6.45, 7) is 15.1. The third-order valence-corrected chi connectivity index (χ3v) is 3.88. The number of amidine groups is 1. The highest BCUT2D eigenvalue weighted by Crippen LogP contribution is 2.25.